The zero-order chi connectivity index (χ0) is 15.7. The largest absolute Gasteiger partial charge is 0.380 e. The van der Waals surface area contributed by atoms with E-state index in [-0.39, 0.29) is 12.1 Å². The van der Waals surface area contributed by atoms with Crippen LogP contribution in [0.1, 0.15) is 42.3 Å². The Morgan fingerprint density at radius 2 is 2.27 bits per heavy atom. The Hall–Kier alpha value is -1.73. The number of aryl methyl sites for hydroxylation is 3. The molecule has 0 aliphatic carbocycles. The van der Waals surface area contributed by atoms with E-state index in [0.29, 0.717) is 0 Å². The first-order valence-electron chi connectivity index (χ1n) is 7.77. The Morgan fingerprint density at radius 1 is 1.45 bits per heavy atom. The molecular formula is C15H24N6O. The highest BCUT2D eigenvalue weighted by atomic mass is 16.5. The molecule has 2 atom stereocenters. The van der Waals surface area contributed by atoms with Crippen molar-refractivity contribution in [3.05, 3.63) is 29.1 Å². The maximum atomic E-state index is 5.57. The number of rotatable bonds is 5. The second-order valence-electron chi connectivity index (χ2n) is 5.95. The molecule has 0 amide bonds. The number of hydrogen-bond acceptors (Lipinski definition) is 5. The van der Waals surface area contributed by atoms with Crippen molar-refractivity contribution in [2.45, 2.75) is 45.4 Å². The smallest absolute Gasteiger partial charge is 0.167 e. The molecule has 0 saturated carbocycles. The molecule has 0 spiro atoms. The molecule has 2 aromatic rings. The molecule has 1 aliphatic heterocycles. The van der Waals surface area contributed by atoms with Crippen LogP contribution in [0.25, 0.3) is 0 Å². The second-order valence-corrected chi connectivity index (χ2v) is 5.95. The lowest BCUT2D eigenvalue weighted by Crippen LogP contribution is -2.25. The van der Waals surface area contributed by atoms with E-state index in [1.807, 2.05) is 18.7 Å². The van der Waals surface area contributed by atoms with E-state index in [1.54, 1.807) is 7.11 Å². The van der Waals surface area contributed by atoms with Crippen molar-refractivity contribution in [2.75, 3.05) is 13.7 Å². The molecule has 1 N–H and O–H groups in total. The Bertz CT molecular complexity index is 634. The number of ether oxygens (including phenoxy) is 1. The monoisotopic (exact) mass is 304 g/mol. The van der Waals surface area contributed by atoms with Crippen LogP contribution in [0.2, 0.25) is 0 Å². The summed E-state index contributed by atoms with van der Waals surface area (Å²) >= 11 is 0. The maximum absolute atomic E-state index is 5.57. The number of H-pyrrole nitrogens is 1. The van der Waals surface area contributed by atoms with Crippen LogP contribution in [0.3, 0.4) is 0 Å². The summed E-state index contributed by atoms with van der Waals surface area (Å²) in [6, 6.07) is 0.194. The molecule has 0 radical (unpaired) electrons. The summed E-state index contributed by atoms with van der Waals surface area (Å²) in [7, 11) is 3.75. The molecule has 22 heavy (non-hydrogen) atoms. The van der Waals surface area contributed by atoms with E-state index in [0.717, 1.165) is 43.3 Å². The fraction of sp³-hybridized carbons (Fsp3) is 0.667. The lowest BCUT2D eigenvalue weighted by Gasteiger charge is -2.21. The topological polar surface area (TPSA) is 71.9 Å². The van der Waals surface area contributed by atoms with Gasteiger partial charge in [-0.3, -0.25) is 14.7 Å². The van der Waals surface area contributed by atoms with Crippen LogP contribution in [0.4, 0.5) is 0 Å². The van der Waals surface area contributed by atoms with Crippen molar-refractivity contribution < 1.29 is 4.74 Å². The van der Waals surface area contributed by atoms with Gasteiger partial charge in [-0.25, -0.2) is 4.98 Å². The van der Waals surface area contributed by atoms with Crippen molar-refractivity contribution in [3.8, 4) is 0 Å². The summed E-state index contributed by atoms with van der Waals surface area (Å²) < 4.78 is 7.46. The molecular weight excluding hydrogens is 280 g/mol. The van der Waals surface area contributed by atoms with E-state index in [4.69, 9.17) is 4.74 Å². The minimum Gasteiger partial charge on any atom is -0.380 e. The van der Waals surface area contributed by atoms with Crippen LogP contribution in [0.15, 0.2) is 6.20 Å². The molecule has 0 unspecified atom stereocenters. The van der Waals surface area contributed by atoms with Gasteiger partial charge in [0, 0.05) is 39.0 Å². The Kier molecular flexibility index (Phi) is 4.26. The van der Waals surface area contributed by atoms with Crippen LogP contribution in [0, 0.1) is 6.92 Å². The van der Waals surface area contributed by atoms with E-state index in [9.17, 15) is 0 Å². The van der Waals surface area contributed by atoms with Crippen molar-refractivity contribution in [1.82, 2.24) is 29.9 Å². The summed E-state index contributed by atoms with van der Waals surface area (Å²) in [6.07, 6.45) is 4.21. The van der Waals surface area contributed by atoms with E-state index >= 15 is 0 Å². The number of aromatic nitrogens is 5. The molecule has 0 aromatic carbocycles. The van der Waals surface area contributed by atoms with E-state index < -0.39 is 0 Å². The fourth-order valence-corrected chi connectivity index (χ4v) is 3.22. The van der Waals surface area contributed by atoms with Crippen molar-refractivity contribution >= 4 is 0 Å². The predicted octanol–water partition coefficient (Wildman–Crippen LogP) is 1.37. The number of aromatic amines is 1. The van der Waals surface area contributed by atoms with Crippen molar-refractivity contribution in [3.63, 3.8) is 0 Å². The van der Waals surface area contributed by atoms with Crippen LogP contribution >= 0.6 is 0 Å². The van der Waals surface area contributed by atoms with Gasteiger partial charge in [0.05, 0.1) is 17.8 Å². The van der Waals surface area contributed by atoms with Gasteiger partial charge in [0.15, 0.2) is 5.82 Å². The number of nitrogens with zero attached hydrogens (tertiary/aromatic N) is 5. The Labute approximate surface area is 130 Å². The summed E-state index contributed by atoms with van der Waals surface area (Å²) in [5.74, 6) is 1.71. The third kappa shape index (κ3) is 2.91. The Balaban J connectivity index is 1.83. The molecule has 1 saturated heterocycles. The van der Waals surface area contributed by atoms with Crippen LogP contribution in [0.5, 0.6) is 0 Å². The van der Waals surface area contributed by atoms with Gasteiger partial charge in [-0.2, -0.15) is 10.2 Å². The van der Waals surface area contributed by atoms with Gasteiger partial charge in [0.1, 0.15) is 5.82 Å². The SMILES string of the molecule is CCc1nn(C)cc1CN1C[C@H](OC)C[C@H]1c1n[nH]c(C)n1. The number of hydrogen-bond donors (Lipinski definition) is 1. The zero-order valence-corrected chi connectivity index (χ0v) is 13.7. The standard InChI is InChI=1S/C15H24N6O/c1-5-13-11(7-20(3)19-13)8-21-9-12(22-4)6-14(21)15-16-10(2)17-18-15/h7,12,14H,5-6,8-9H2,1-4H3,(H,16,17,18)/t12-,14+/m1/s1. The van der Waals surface area contributed by atoms with Gasteiger partial charge in [-0.05, 0) is 19.8 Å². The first-order valence-corrected chi connectivity index (χ1v) is 7.77. The van der Waals surface area contributed by atoms with Gasteiger partial charge >= 0.3 is 0 Å². The minimum atomic E-state index is 0.194. The predicted molar refractivity (Wildman–Crippen MR) is 82.3 cm³/mol. The first kappa shape index (κ1) is 15.2. The van der Waals surface area contributed by atoms with Crippen LogP contribution < -0.4 is 0 Å². The number of nitrogens with one attached hydrogen (secondary N) is 1. The van der Waals surface area contributed by atoms with E-state index in [1.165, 1.54) is 5.56 Å². The molecule has 3 heterocycles. The quantitative estimate of drug-likeness (QED) is 0.903. The summed E-state index contributed by atoms with van der Waals surface area (Å²) in [4.78, 5) is 6.91. The molecule has 3 rings (SSSR count). The fourth-order valence-electron chi connectivity index (χ4n) is 3.22. The van der Waals surface area contributed by atoms with E-state index in [2.05, 4.69) is 38.3 Å². The molecule has 120 valence electrons. The van der Waals surface area contributed by atoms with Gasteiger partial charge in [-0.15, -0.1) is 0 Å². The van der Waals surface area contributed by atoms with Crippen molar-refractivity contribution in [1.29, 1.82) is 0 Å². The van der Waals surface area contributed by atoms with Gasteiger partial charge in [0.25, 0.3) is 0 Å². The third-order valence-corrected chi connectivity index (χ3v) is 4.31. The molecule has 1 fully saturated rings. The van der Waals surface area contributed by atoms with Crippen LogP contribution in [-0.2, 0) is 24.8 Å². The molecule has 2 aromatic heterocycles. The molecule has 7 heteroatoms. The van der Waals surface area contributed by atoms with Crippen LogP contribution in [-0.4, -0.2) is 49.6 Å². The summed E-state index contributed by atoms with van der Waals surface area (Å²) in [6.45, 7) is 5.83. The molecule has 0 bridgehead atoms. The number of methoxy groups -OCH3 is 1. The number of likely N-dealkylation sites (tertiary alicyclic amines) is 1. The highest BCUT2D eigenvalue weighted by Crippen LogP contribution is 2.33. The minimum absolute atomic E-state index is 0.194. The van der Waals surface area contributed by atoms with Gasteiger partial charge < -0.3 is 4.74 Å². The van der Waals surface area contributed by atoms with Gasteiger partial charge in [-0.1, -0.05) is 6.92 Å². The lowest BCUT2D eigenvalue weighted by atomic mass is 10.1. The summed E-state index contributed by atoms with van der Waals surface area (Å²) in [5, 5.41) is 11.8. The molecule has 1 aliphatic rings. The maximum Gasteiger partial charge on any atom is 0.167 e. The highest BCUT2D eigenvalue weighted by Gasteiger charge is 2.36. The highest BCUT2D eigenvalue weighted by molar-refractivity contribution is 5.18. The first-order chi connectivity index (χ1) is 10.6. The molecule has 7 nitrogen and oxygen atoms in total. The second kappa shape index (κ2) is 6.18. The van der Waals surface area contributed by atoms with Crippen molar-refractivity contribution in [2.24, 2.45) is 7.05 Å². The van der Waals surface area contributed by atoms with Gasteiger partial charge in [0.2, 0.25) is 0 Å². The lowest BCUT2D eigenvalue weighted by molar-refractivity contribution is 0.107. The Morgan fingerprint density at radius 3 is 2.91 bits per heavy atom. The average Bonchev–Trinajstić information content (AvgIpc) is 3.18. The summed E-state index contributed by atoms with van der Waals surface area (Å²) in [5.41, 5.74) is 2.44. The third-order valence-electron chi connectivity index (χ3n) is 4.31. The average molecular weight is 304 g/mol. The normalized spacial score (nSPS) is 22.5. The zero-order valence-electron chi connectivity index (χ0n) is 13.7.